The molecule has 5 nitrogen and oxygen atoms in total. The van der Waals surface area contributed by atoms with Gasteiger partial charge in [0.1, 0.15) is 23.9 Å². The van der Waals surface area contributed by atoms with Crippen LogP contribution < -0.4 is 9.47 Å². The molecule has 2 atom stereocenters. The number of aliphatic hydroxyl groups is 1. The summed E-state index contributed by atoms with van der Waals surface area (Å²) in [4.78, 5) is 7.05. The minimum absolute atomic E-state index is 0.0651. The first kappa shape index (κ1) is 22.8. The Balaban J connectivity index is 1.29. The van der Waals surface area contributed by atoms with Crippen molar-refractivity contribution in [2.45, 2.75) is 30.9 Å². The summed E-state index contributed by atoms with van der Waals surface area (Å²) in [5.41, 5.74) is 2.21. The molecule has 0 aromatic heterocycles. The summed E-state index contributed by atoms with van der Waals surface area (Å²) in [7, 11) is 1.68. The van der Waals surface area contributed by atoms with E-state index in [2.05, 4.69) is 28.1 Å². The SMILES string of the molecule is COc1ccc2c(c1)/C(=C/CCN1CCC(O)(c3ccc(F)cc3)CC1)C1C=CC=NC1CO2. The highest BCUT2D eigenvalue weighted by molar-refractivity contribution is 5.80. The van der Waals surface area contributed by atoms with Gasteiger partial charge in [-0.25, -0.2) is 4.39 Å². The summed E-state index contributed by atoms with van der Waals surface area (Å²) >= 11 is 0. The number of hydrogen-bond donors (Lipinski definition) is 1. The van der Waals surface area contributed by atoms with Crippen molar-refractivity contribution in [2.75, 3.05) is 33.4 Å². The molecule has 3 heterocycles. The Labute approximate surface area is 200 Å². The number of nitrogens with zero attached hydrogens (tertiary/aromatic N) is 2. The number of ether oxygens (including phenoxy) is 2. The molecule has 6 heteroatoms. The van der Waals surface area contributed by atoms with Crippen LogP contribution in [-0.4, -0.2) is 55.6 Å². The molecule has 0 spiro atoms. The van der Waals surface area contributed by atoms with Crippen molar-refractivity contribution >= 4 is 11.8 Å². The number of halogens is 1. The number of hydrogen-bond acceptors (Lipinski definition) is 5. The average Bonchev–Trinajstić information content (AvgIpc) is 3.02. The minimum Gasteiger partial charge on any atom is -0.497 e. The molecule has 1 N–H and O–H groups in total. The van der Waals surface area contributed by atoms with E-state index < -0.39 is 5.60 Å². The van der Waals surface area contributed by atoms with Gasteiger partial charge in [0.15, 0.2) is 0 Å². The molecule has 2 unspecified atom stereocenters. The third kappa shape index (κ3) is 4.65. The Bertz CT molecular complexity index is 1100. The number of aliphatic imine (C=N–C) groups is 1. The van der Waals surface area contributed by atoms with Gasteiger partial charge in [0.2, 0.25) is 0 Å². The van der Waals surface area contributed by atoms with Crippen molar-refractivity contribution in [1.29, 1.82) is 0 Å². The van der Waals surface area contributed by atoms with Crippen LogP contribution in [0.4, 0.5) is 4.39 Å². The van der Waals surface area contributed by atoms with Crippen molar-refractivity contribution in [2.24, 2.45) is 10.9 Å². The van der Waals surface area contributed by atoms with E-state index in [4.69, 9.17) is 9.47 Å². The summed E-state index contributed by atoms with van der Waals surface area (Å²) in [6.45, 7) is 3.07. The predicted molar refractivity (Wildman–Crippen MR) is 132 cm³/mol. The highest BCUT2D eigenvalue weighted by Crippen LogP contribution is 2.41. The van der Waals surface area contributed by atoms with Gasteiger partial charge < -0.3 is 19.5 Å². The summed E-state index contributed by atoms with van der Waals surface area (Å²) in [6.07, 6.45) is 10.6. The molecule has 5 rings (SSSR count). The maximum atomic E-state index is 13.3. The summed E-state index contributed by atoms with van der Waals surface area (Å²) < 4.78 is 24.9. The van der Waals surface area contributed by atoms with Gasteiger partial charge in [0.05, 0.1) is 18.8 Å². The topological polar surface area (TPSA) is 54.3 Å². The first-order valence-corrected chi connectivity index (χ1v) is 12.0. The lowest BCUT2D eigenvalue weighted by molar-refractivity contribution is -0.0254. The quantitative estimate of drug-likeness (QED) is 0.705. The second kappa shape index (κ2) is 9.72. The first-order valence-electron chi connectivity index (χ1n) is 12.0. The molecule has 0 radical (unpaired) electrons. The monoisotopic (exact) mass is 462 g/mol. The Morgan fingerprint density at radius 2 is 2.00 bits per heavy atom. The molecular weight excluding hydrogens is 431 g/mol. The van der Waals surface area contributed by atoms with Gasteiger partial charge in [-0.3, -0.25) is 4.99 Å². The molecule has 0 aliphatic carbocycles. The van der Waals surface area contributed by atoms with Gasteiger partial charge in [-0.2, -0.15) is 0 Å². The van der Waals surface area contributed by atoms with E-state index in [0.717, 1.165) is 48.7 Å². The lowest BCUT2D eigenvalue weighted by atomic mass is 9.84. The van der Waals surface area contributed by atoms with E-state index in [1.54, 1.807) is 19.2 Å². The minimum atomic E-state index is -0.880. The first-order chi connectivity index (χ1) is 16.6. The zero-order valence-electron chi connectivity index (χ0n) is 19.5. The van der Waals surface area contributed by atoms with E-state index >= 15 is 0 Å². The van der Waals surface area contributed by atoms with Crippen LogP contribution in [0, 0.1) is 11.7 Å². The van der Waals surface area contributed by atoms with Crippen LogP contribution in [0.15, 0.2) is 65.7 Å². The molecule has 178 valence electrons. The molecule has 0 amide bonds. The molecule has 34 heavy (non-hydrogen) atoms. The fraction of sp³-hybridized carbons (Fsp3) is 0.393. The normalized spacial score (nSPS) is 24.7. The molecular formula is C28H31FN2O3. The van der Waals surface area contributed by atoms with E-state index in [0.29, 0.717) is 19.4 Å². The maximum absolute atomic E-state index is 13.3. The molecule has 0 saturated carbocycles. The van der Waals surface area contributed by atoms with Crippen molar-refractivity contribution in [3.63, 3.8) is 0 Å². The van der Waals surface area contributed by atoms with Gasteiger partial charge in [-0.05, 0) is 66.8 Å². The van der Waals surface area contributed by atoms with Crippen molar-refractivity contribution in [1.82, 2.24) is 4.90 Å². The van der Waals surface area contributed by atoms with Gasteiger partial charge in [0, 0.05) is 37.3 Å². The summed E-state index contributed by atoms with van der Waals surface area (Å²) in [5.74, 6) is 1.57. The lowest BCUT2D eigenvalue weighted by Gasteiger charge is -2.38. The Morgan fingerprint density at radius 1 is 1.21 bits per heavy atom. The van der Waals surface area contributed by atoms with Crippen LogP contribution in [-0.2, 0) is 5.60 Å². The average molecular weight is 463 g/mol. The Morgan fingerprint density at radius 3 is 2.76 bits per heavy atom. The highest BCUT2D eigenvalue weighted by Gasteiger charge is 2.34. The standard InChI is InChI=1S/C28H31FN2O3/c1-33-22-10-11-27-25(18-22)23(24-4-2-14-30-26(24)19-34-27)5-3-15-31-16-12-28(32,13-17-31)20-6-8-21(29)9-7-20/h2,4-11,14,18,24,26,32H,3,12-13,15-17,19H2,1H3/b23-5+. The molecule has 3 aliphatic rings. The van der Waals surface area contributed by atoms with E-state index in [1.165, 1.54) is 17.7 Å². The third-order valence-electron chi connectivity index (χ3n) is 7.24. The maximum Gasteiger partial charge on any atom is 0.127 e. The smallest absolute Gasteiger partial charge is 0.127 e. The van der Waals surface area contributed by atoms with Crippen LogP contribution in [0.5, 0.6) is 11.5 Å². The van der Waals surface area contributed by atoms with Crippen molar-refractivity contribution in [3.05, 3.63) is 77.6 Å². The summed E-state index contributed by atoms with van der Waals surface area (Å²) in [5, 5.41) is 11.1. The van der Waals surface area contributed by atoms with E-state index in [1.807, 2.05) is 24.4 Å². The second-order valence-corrected chi connectivity index (χ2v) is 9.28. The molecule has 1 fully saturated rings. The van der Waals surface area contributed by atoms with Gasteiger partial charge in [-0.1, -0.05) is 24.3 Å². The van der Waals surface area contributed by atoms with Crippen LogP contribution in [0.1, 0.15) is 30.4 Å². The summed E-state index contributed by atoms with van der Waals surface area (Å²) in [6, 6.07) is 12.3. The Kier molecular flexibility index (Phi) is 6.53. The Hall–Kier alpha value is -2.96. The second-order valence-electron chi connectivity index (χ2n) is 9.28. The zero-order valence-corrected chi connectivity index (χ0v) is 19.5. The molecule has 2 aromatic rings. The number of allylic oxidation sites excluding steroid dienone is 1. The van der Waals surface area contributed by atoms with Crippen LogP contribution in [0.3, 0.4) is 0 Å². The number of piperidine rings is 1. The number of fused-ring (bicyclic) bond motifs is 2. The molecule has 1 saturated heterocycles. The van der Waals surface area contributed by atoms with E-state index in [-0.39, 0.29) is 17.8 Å². The highest BCUT2D eigenvalue weighted by atomic mass is 19.1. The van der Waals surface area contributed by atoms with Gasteiger partial charge >= 0.3 is 0 Å². The number of methoxy groups -OCH3 is 1. The fourth-order valence-corrected chi connectivity index (χ4v) is 5.19. The van der Waals surface area contributed by atoms with Crippen LogP contribution >= 0.6 is 0 Å². The predicted octanol–water partition coefficient (Wildman–Crippen LogP) is 4.61. The number of benzene rings is 2. The molecule has 2 aromatic carbocycles. The van der Waals surface area contributed by atoms with E-state index in [9.17, 15) is 9.50 Å². The number of likely N-dealkylation sites (tertiary alicyclic amines) is 1. The number of dihydropyridines is 1. The van der Waals surface area contributed by atoms with Gasteiger partial charge in [0.25, 0.3) is 0 Å². The number of rotatable bonds is 5. The fourth-order valence-electron chi connectivity index (χ4n) is 5.19. The zero-order chi connectivity index (χ0) is 23.5. The molecule has 3 aliphatic heterocycles. The largest absolute Gasteiger partial charge is 0.497 e. The van der Waals surface area contributed by atoms with Crippen LogP contribution in [0.2, 0.25) is 0 Å². The van der Waals surface area contributed by atoms with Crippen molar-refractivity contribution < 1.29 is 19.0 Å². The van der Waals surface area contributed by atoms with Crippen LogP contribution in [0.25, 0.3) is 5.57 Å². The van der Waals surface area contributed by atoms with Crippen molar-refractivity contribution in [3.8, 4) is 11.5 Å². The molecule has 0 bridgehead atoms. The third-order valence-corrected chi connectivity index (χ3v) is 7.24. The lowest BCUT2D eigenvalue weighted by Crippen LogP contribution is -2.42. The van der Waals surface area contributed by atoms with Gasteiger partial charge in [-0.15, -0.1) is 0 Å².